The maximum absolute atomic E-state index is 5.87. The molecule has 0 spiro atoms. The molecule has 1 aromatic rings. The Kier molecular flexibility index (Phi) is 4.28. The van der Waals surface area contributed by atoms with Gasteiger partial charge < -0.3 is 10.1 Å². The van der Waals surface area contributed by atoms with E-state index in [1.807, 2.05) is 7.05 Å². The second-order valence-electron chi connectivity index (χ2n) is 5.87. The summed E-state index contributed by atoms with van der Waals surface area (Å²) in [5.41, 5.74) is 3.16. The SMILES string of the molecule is CNC(C)(C)CCOc1ccc2c(c1)CCCC2. The molecule has 0 radical (unpaired) electrons. The molecule has 0 fully saturated rings. The van der Waals surface area contributed by atoms with Crippen molar-refractivity contribution >= 4 is 0 Å². The third-order valence-corrected chi connectivity index (χ3v) is 3.99. The Morgan fingerprint density at radius 2 is 1.89 bits per heavy atom. The highest BCUT2D eigenvalue weighted by Gasteiger charge is 2.15. The fourth-order valence-corrected chi connectivity index (χ4v) is 2.35. The van der Waals surface area contributed by atoms with Gasteiger partial charge in [0.15, 0.2) is 0 Å². The zero-order valence-corrected chi connectivity index (χ0v) is 11.9. The Labute approximate surface area is 111 Å². The predicted molar refractivity (Wildman–Crippen MR) is 76.3 cm³/mol. The number of fused-ring (bicyclic) bond motifs is 1. The van der Waals surface area contributed by atoms with Crippen molar-refractivity contribution < 1.29 is 4.74 Å². The molecule has 0 heterocycles. The van der Waals surface area contributed by atoms with Gasteiger partial charge in [0.1, 0.15) is 5.75 Å². The topological polar surface area (TPSA) is 21.3 Å². The van der Waals surface area contributed by atoms with E-state index in [2.05, 4.69) is 37.4 Å². The monoisotopic (exact) mass is 247 g/mol. The smallest absolute Gasteiger partial charge is 0.119 e. The maximum Gasteiger partial charge on any atom is 0.119 e. The highest BCUT2D eigenvalue weighted by molar-refractivity contribution is 5.37. The Bertz CT molecular complexity index is 398. The van der Waals surface area contributed by atoms with Gasteiger partial charge in [0.25, 0.3) is 0 Å². The molecule has 2 nitrogen and oxygen atoms in total. The molecule has 0 saturated carbocycles. The van der Waals surface area contributed by atoms with Gasteiger partial charge in [-0.3, -0.25) is 0 Å². The summed E-state index contributed by atoms with van der Waals surface area (Å²) >= 11 is 0. The van der Waals surface area contributed by atoms with Crippen molar-refractivity contribution in [3.63, 3.8) is 0 Å². The molecule has 0 bridgehead atoms. The summed E-state index contributed by atoms with van der Waals surface area (Å²) in [7, 11) is 2.00. The lowest BCUT2D eigenvalue weighted by Crippen LogP contribution is -2.37. The van der Waals surface area contributed by atoms with Gasteiger partial charge >= 0.3 is 0 Å². The van der Waals surface area contributed by atoms with E-state index in [0.717, 1.165) is 18.8 Å². The molecule has 1 N–H and O–H groups in total. The largest absolute Gasteiger partial charge is 0.494 e. The van der Waals surface area contributed by atoms with Crippen LogP contribution < -0.4 is 10.1 Å². The van der Waals surface area contributed by atoms with Crippen molar-refractivity contribution in [1.82, 2.24) is 5.32 Å². The summed E-state index contributed by atoms with van der Waals surface area (Å²) in [5, 5.41) is 3.30. The van der Waals surface area contributed by atoms with E-state index in [0.29, 0.717) is 0 Å². The van der Waals surface area contributed by atoms with Crippen molar-refractivity contribution in [2.45, 2.75) is 51.5 Å². The number of rotatable bonds is 5. The summed E-state index contributed by atoms with van der Waals surface area (Å²) in [6, 6.07) is 6.60. The minimum atomic E-state index is 0.147. The van der Waals surface area contributed by atoms with Crippen LogP contribution in [0.5, 0.6) is 5.75 Å². The molecular weight excluding hydrogens is 222 g/mol. The first-order valence-electron chi connectivity index (χ1n) is 7.04. The van der Waals surface area contributed by atoms with Gasteiger partial charge in [-0.05, 0) is 76.3 Å². The number of aryl methyl sites for hydroxylation is 2. The molecular formula is C16H25NO. The molecule has 0 aliphatic heterocycles. The third kappa shape index (κ3) is 3.49. The minimum absolute atomic E-state index is 0.147. The third-order valence-electron chi connectivity index (χ3n) is 3.99. The quantitative estimate of drug-likeness (QED) is 0.861. The van der Waals surface area contributed by atoms with Gasteiger partial charge in [0.2, 0.25) is 0 Å². The summed E-state index contributed by atoms with van der Waals surface area (Å²) in [4.78, 5) is 0. The van der Waals surface area contributed by atoms with Crippen LogP contribution in [0.2, 0.25) is 0 Å². The molecule has 0 unspecified atom stereocenters. The van der Waals surface area contributed by atoms with E-state index in [-0.39, 0.29) is 5.54 Å². The van der Waals surface area contributed by atoms with Crippen LogP contribution in [-0.2, 0) is 12.8 Å². The minimum Gasteiger partial charge on any atom is -0.494 e. The van der Waals surface area contributed by atoms with Crippen LogP contribution >= 0.6 is 0 Å². The summed E-state index contributed by atoms with van der Waals surface area (Å²) < 4.78 is 5.87. The number of benzene rings is 1. The van der Waals surface area contributed by atoms with E-state index in [1.165, 1.54) is 36.8 Å². The highest BCUT2D eigenvalue weighted by Crippen LogP contribution is 2.25. The molecule has 18 heavy (non-hydrogen) atoms. The first-order chi connectivity index (χ1) is 8.61. The van der Waals surface area contributed by atoms with Gasteiger partial charge in [-0.25, -0.2) is 0 Å². The van der Waals surface area contributed by atoms with Crippen molar-refractivity contribution in [3.8, 4) is 5.75 Å². The molecule has 0 saturated heterocycles. The van der Waals surface area contributed by atoms with Crippen LogP contribution in [-0.4, -0.2) is 19.2 Å². The Morgan fingerprint density at radius 3 is 2.61 bits per heavy atom. The molecule has 1 aliphatic rings. The first-order valence-corrected chi connectivity index (χ1v) is 7.04. The van der Waals surface area contributed by atoms with E-state index in [9.17, 15) is 0 Å². The second-order valence-corrected chi connectivity index (χ2v) is 5.87. The van der Waals surface area contributed by atoms with Crippen LogP contribution in [0.25, 0.3) is 0 Å². The van der Waals surface area contributed by atoms with Gasteiger partial charge in [0, 0.05) is 5.54 Å². The predicted octanol–water partition coefficient (Wildman–Crippen LogP) is 3.33. The van der Waals surface area contributed by atoms with Gasteiger partial charge in [0.05, 0.1) is 6.61 Å². The average molecular weight is 247 g/mol. The van der Waals surface area contributed by atoms with Crippen LogP contribution in [0.3, 0.4) is 0 Å². The second kappa shape index (κ2) is 5.75. The zero-order chi connectivity index (χ0) is 13.0. The van der Waals surface area contributed by atoms with Gasteiger partial charge in [-0.2, -0.15) is 0 Å². The lowest BCUT2D eigenvalue weighted by Gasteiger charge is -2.24. The lowest BCUT2D eigenvalue weighted by atomic mass is 9.92. The molecule has 2 rings (SSSR count). The van der Waals surface area contributed by atoms with Crippen molar-refractivity contribution in [3.05, 3.63) is 29.3 Å². The number of hydrogen-bond acceptors (Lipinski definition) is 2. The fourth-order valence-electron chi connectivity index (χ4n) is 2.35. The van der Waals surface area contributed by atoms with Crippen LogP contribution in [0.4, 0.5) is 0 Å². The number of nitrogens with one attached hydrogen (secondary N) is 1. The normalized spacial score (nSPS) is 15.3. The summed E-state index contributed by atoms with van der Waals surface area (Å²) in [6.45, 7) is 5.17. The fraction of sp³-hybridized carbons (Fsp3) is 0.625. The molecule has 100 valence electrons. The van der Waals surface area contributed by atoms with Crippen molar-refractivity contribution in [1.29, 1.82) is 0 Å². The van der Waals surface area contributed by atoms with E-state index >= 15 is 0 Å². The van der Waals surface area contributed by atoms with Gasteiger partial charge in [-0.15, -0.1) is 0 Å². The van der Waals surface area contributed by atoms with Crippen molar-refractivity contribution in [2.75, 3.05) is 13.7 Å². The van der Waals surface area contributed by atoms with Crippen LogP contribution in [0.1, 0.15) is 44.2 Å². The maximum atomic E-state index is 5.87. The van der Waals surface area contributed by atoms with E-state index in [1.54, 1.807) is 0 Å². The van der Waals surface area contributed by atoms with E-state index in [4.69, 9.17) is 4.74 Å². The lowest BCUT2D eigenvalue weighted by molar-refractivity contribution is 0.255. The van der Waals surface area contributed by atoms with Gasteiger partial charge in [-0.1, -0.05) is 6.07 Å². The zero-order valence-electron chi connectivity index (χ0n) is 11.9. The molecule has 1 aliphatic carbocycles. The molecule has 1 aromatic carbocycles. The molecule has 2 heteroatoms. The van der Waals surface area contributed by atoms with Crippen LogP contribution in [0, 0.1) is 0 Å². The number of ether oxygens (including phenoxy) is 1. The van der Waals surface area contributed by atoms with E-state index < -0.39 is 0 Å². The summed E-state index contributed by atoms with van der Waals surface area (Å²) in [5.74, 6) is 1.03. The Morgan fingerprint density at radius 1 is 1.17 bits per heavy atom. The highest BCUT2D eigenvalue weighted by atomic mass is 16.5. The standard InChI is InChI=1S/C16H25NO/c1-16(2,17-3)10-11-18-15-9-8-13-6-4-5-7-14(13)12-15/h8-9,12,17H,4-7,10-11H2,1-3H3. The first kappa shape index (κ1) is 13.4. The molecule has 0 aromatic heterocycles. The molecule has 0 atom stereocenters. The van der Waals surface area contributed by atoms with Crippen LogP contribution in [0.15, 0.2) is 18.2 Å². The Balaban J connectivity index is 1.90. The molecule has 0 amide bonds. The average Bonchev–Trinajstić information content (AvgIpc) is 2.38. The Hall–Kier alpha value is -1.02. The number of hydrogen-bond donors (Lipinski definition) is 1. The summed E-state index contributed by atoms with van der Waals surface area (Å²) in [6.07, 6.45) is 6.13. The van der Waals surface area contributed by atoms with Crippen molar-refractivity contribution in [2.24, 2.45) is 0 Å².